The van der Waals surface area contributed by atoms with E-state index in [2.05, 4.69) is 4.90 Å². The molecule has 0 atom stereocenters. The Kier molecular flexibility index (Phi) is 10.2. The molecule has 1 fully saturated rings. The largest absolute Gasteiger partial charge is 0.494 e. The van der Waals surface area contributed by atoms with Crippen molar-refractivity contribution >= 4 is 34.3 Å². The van der Waals surface area contributed by atoms with Crippen molar-refractivity contribution in [3.8, 4) is 22.8 Å². The monoisotopic (exact) mass is 678 g/mol. The number of carboxylic acids is 2. The second-order valence-corrected chi connectivity index (χ2v) is 10.9. The topological polar surface area (TPSA) is 125 Å². The Balaban J connectivity index is 0.000000606. The van der Waals surface area contributed by atoms with E-state index in [0.717, 1.165) is 16.8 Å². The van der Waals surface area contributed by atoms with Gasteiger partial charge in [0.15, 0.2) is 0 Å². The summed E-state index contributed by atoms with van der Waals surface area (Å²) in [6.45, 7) is 4.43. The van der Waals surface area contributed by atoms with Gasteiger partial charge in [-0.15, -0.1) is 0 Å². The van der Waals surface area contributed by atoms with E-state index in [1.54, 1.807) is 29.3 Å². The molecule has 254 valence electrons. The first-order chi connectivity index (χ1) is 23.3. The molecule has 1 aliphatic heterocycles. The van der Waals surface area contributed by atoms with Crippen molar-refractivity contribution in [1.29, 1.82) is 0 Å². The molecule has 0 bridgehead atoms. The summed E-state index contributed by atoms with van der Waals surface area (Å²) in [4.78, 5) is 43.1. The van der Waals surface area contributed by atoms with Gasteiger partial charge in [-0.3, -0.25) is 9.36 Å². The molecule has 14 heteroatoms. The maximum atomic E-state index is 13.7. The lowest BCUT2D eigenvalue weighted by Crippen LogP contribution is -2.49. The number of carbonyl (C=O) groups excluding carboxylic acids is 1. The van der Waals surface area contributed by atoms with Crippen LogP contribution in [0, 0.1) is 5.82 Å². The number of hydrogen-bond acceptors (Lipinski definition) is 6. The Hall–Kier alpha value is -5.92. The number of fused-ring (bicyclic) bond motifs is 1. The molecule has 1 saturated heterocycles. The van der Waals surface area contributed by atoms with Crippen LogP contribution in [0.3, 0.4) is 0 Å². The molecule has 0 spiro atoms. The number of anilines is 1. The number of imidazole rings is 1. The number of aromatic carboxylic acids is 1. The molecule has 2 N–H and O–H groups in total. The van der Waals surface area contributed by atoms with Crippen molar-refractivity contribution in [3.05, 3.63) is 108 Å². The van der Waals surface area contributed by atoms with Crippen molar-refractivity contribution in [2.24, 2.45) is 0 Å². The Morgan fingerprint density at radius 2 is 1.53 bits per heavy atom. The lowest BCUT2D eigenvalue weighted by molar-refractivity contribution is -0.192. The molecule has 2 heterocycles. The summed E-state index contributed by atoms with van der Waals surface area (Å²) in [5, 5.41) is 18.5. The van der Waals surface area contributed by atoms with Crippen LogP contribution in [-0.2, 0) is 4.79 Å². The minimum Gasteiger partial charge on any atom is -0.494 e. The first-order valence-corrected chi connectivity index (χ1v) is 15.0. The van der Waals surface area contributed by atoms with E-state index in [9.17, 15) is 32.3 Å². The number of aromatic nitrogens is 2. The van der Waals surface area contributed by atoms with Crippen LogP contribution in [0.1, 0.15) is 27.8 Å². The summed E-state index contributed by atoms with van der Waals surface area (Å²) >= 11 is 0. The zero-order valence-corrected chi connectivity index (χ0v) is 26.0. The smallest absolute Gasteiger partial charge is 0.490 e. The lowest BCUT2D eigenvalue weighted by Gasteiger charge is -2.36. The first kappa shape index (κ1) is 34.4. The van der Waals surface area contributed by atoms with E-state index >= 15 is 0 Å². The third-order valence-corrected chi connectivity index (χ3v) is 7.69. The van der Waals surface area contributed by atoms with Gasteiger partial charge in [-0.2, -0.15) is 13.2 Å². The fourth-order valence-corrected chi connectivity index (χ4v) is 5.36. The predicted molar refractivity (Wildman–Crippen MR) is 173 cm³/mol. The molecule has 0 saturated carbocycles. The van der Waals surface area contributed by atoms with E-state index in [1.165, 1.54) is 12.1 Å². The van der Waals surface area contributed by atoms with Gasteiger partial charge >= 0.3 is 18.1 Å². The summed E-state index contributed by atoms with van der Waals surface area (Å²) < 4.78 is 52.9. The number of carboxylic acid groups (broad SMARTS) is 2. The number of halogens is 4. The highest BCUT2D eigenvalue weighted by atomic mass is 19.4. The van der Waals surface area contributed by atoms with Gasteiger partial charge < -0.3 is 24.7 Å². The molecular weight excluding hydrogens is 648 g/mol. The first-order valence-electron chi connectivity index (χ1n) is 15.0. The maximum Gasteiger partial charge on any atom is 0.490 e. The number of amides is 1. The molecule has 4 aromatic carbocycles. The number of carbonyl (C=O) groups is 3. The average molecular weight is 679 g/mol. The number of aliphatic carboxylic acids is 1. The highest BCUT2D eigenvalue weighted by Crippen LogP contribution is 2.29. The summed E-state index contributed by atoms with van der Waals surface area (Å²) in [7, 11) is 0. The summed E-state index contributed by atoms with van der Waals surface area (Å²) in [6.07, 6.45) is -3.37. The normalized spacial score (nSPS) is 13.1. The lowest BCUT2D eigenvalue weighted by atomic mass is 10.0. The van der Waals surface area contributed by atoms with Gasteiger partial charge in [0.1, 0.15) is 23.1 Å². The predicted octanol–water partition coefficient (Wildman–Crippen LogP) is 6.52. The zero-order chi connectivity index (χ0) is 35.3. The van der Waals surface area contributed by atoms with Crippen LogP contribution in [0.2, 0.25) is 0 Å². The number of nitrogens with zero attached hydrogens (tertiary/aromatic N) is 4. The molecule has 0 unspecified atom stereocenters. The van der Waals surface area contributed by atoms with Crippen molar-refractivity contribution < 1.29 is 46.9 Å². The van der Waals surface area contributed by atoms with Crippen molar-refractivity contribution in [3.63, 3.8) is 0 Å². The van der Waals surface area contributed by atoms with Gasteiger partial charge in [-0.05, 0) is 66.2 Å². The minimum absolute atomic E-state index is 0.206. The number of rotatable bonds is 7. The van der Waals surface area contributed by atoms with Gasteiger partial charge in [-0.25, -0.2) is 19.0 Å². The van der Waals surface area contributed by atoms with Gasteiger partial charge in [0.05, 0.1) is 17.9 Å². The highest BCUT2D eigenvalue weighted by molar-refractivity contribution is 6.05. The van der Waals surface area contributed by atoms with E-state index in [-0.39, 0.29) is 23.0 Å². The maximum absolute atomic E-state index is 13.7. The second kappa shape index (κ2) is 14.5. The molecule has 1 aliphatic rings. The molecule has 0 radical (unpaired) electrons. The van der Waals surface area contributed by atoms with Crippen LogP contribution in [0.5, 0.6) is 5.75 Å². The number of ether oxygens (including phenoxy) is 1. The third kappa shape index (κ3) is 7.97. The van der Waals surface area contributed by atoms with E-state index in [0.29, 0.717) is 55.3 Å². The Morgan fingerprint density at radius 3 is 2.16 bits per heavy atom. The molecule has 6 rings (SSSR count). The average Bonchev–Trinajstić information content (AvgIpc) is 3.53. The van der Waals surface area contributed by atoms with Crippen LogP contribution < -0.4 is 9.64 Å². The van der Waals surface area contributed by atoms with Crippen LogP contribution in [0.15, 0.2) is 91.1 Å². The number of hydrogen-bond donors (Lipinski definition) is 2. The number of alkyl halides is 3. The van der Waals surface area contributed by atoms with E-state index in [4.69, 9.17) is 19.6 Å². The van der Waals surface area contributed by atoms with Crippen LogP contribution >= 0.6 is 0 Å². The molecule has 1 amide bonds. The third-order valence-electron chi connectivity index (χ3n) is 7.69. The molecule has 1 aromatic heterocycles. The fourth-order valence-electron chi connectivity index (χ4n) is 5.36. The fraction of sp³-hybridized carbons (Fsp3) is 0.200. The van der Waals surface area contributed by atoms with Crippen molar-refractivity contribution in [1.82, 2.24) is 14.5 Å². The summed E-state index contributed by atoms with van der Waals surface area (Å²) in [5.41, 5.74) is 2.79. The highest BCUT2D eigenvalue weighted by Gasteiger charge is 2.38. The SMILES string of the molecule is CCOc1cccc(-n2cc(C(=O)N3CCN(c4cc(C(=O)O)c5ccccc5c4)CC3)nc2-c2ccc(F)cc2)c1.O=C(O)C(F)(F)F. The van der Waals surface area contributed by atoms with Gasteiger partial charge in [-0.1, -0.05) is 30.3 Å². The van der Waals surface area contributed by atoms with E-state index < -0.39 is 18.1 Å². The molecule has 0 aliphatic carbocycles. The Labute approximate surface area is 277 Å². The van der Waals surface area contributed by atoms with Crippen LogP contribution in [0.4, 0.5) is 23.2 Å². The molecular formula is C35H30F4N4O6. The summed E-state index contributed by atoms with van der Waals surface area (Å²) in [6, 6.07) is 24.7. The van der Waals surface area contributed by atoms with Crippen molar-refractivity contribution in [2.45, 2.75) is 13.1 Å². The van der Waals surface area contributed by atoms with Gasteiger partial charge in [0, 0.05) is 49.7 Å². The molecule has 49 heavy (non-hydrogen) atoms. The summed E-state index contributed by atoms with van der Waals surface area (Å²) in [5.74, 6) is -3.08. The van der Waals surface area contributed by atoms with Gasteiger partial charge in [0.2, 0.25) is 0 Å². The van der Waals surface area contributed by atoms with Crippen molar-refractivity contribution in [2.75, 3.05) is 37.7 Å². The minimum atomic E-state index is -5.08. The number of benzene rings is 4. The molecule has 10 nitrogen and oxygen atoms in total. The van der Waals surface area contributed by atoms with Gasteiger partial charge in [0.25, 0.3) is 5.91 Å². The zero-order valence-electron chi connectivity index (χ0n) is 26.0. The standard InChI is InChI=1S/C33H29FN4O4.C2HF3O2/c1-2-42-27-8-5-7-25(19-27)38-21-30(35-31(38)22-10-12-24(34)13-11-22)32(39)37-16-14-36(15-17-37)26-18-23-6-3-4-9-28(23)29(20-26)33(40)41;3-2(4,5)1(6)7/h3-13,18-21H,2,14-17H2,1H3,(H,40,41);(H,6,7). The van der Waals surface area contributed by atoms with E-state index in [1.807, 2.05) is 66.1 Å². The quantitative estimate of drug-likeness (QED) is 0.187. The Morgan fingerprint density at radius 1 is 0.857 bits per heavy atom. The molecule has 5 aromatic rings. The Bertz CT molecular complexity index is 1990. The number of piperazine rings is 1. The van der Waals surface area contributed by atoms with Crippen LogP contribution in [-0.4, -0.2) is 81.5 Å². The second-order valence-electron chi connectivity index (χ2n) is 10.9. The van der Waals surface area contributed by atoms with Crippen LogP contribution in [0.25, 0.3) is 27.8 Å².